The maximum Gasteiger partial charge on any atom is 0.255 e. The fraction of sp³-hybridized carbons (Fsp3) is 0.300. The van der Waals surface area contributed by atoms with Crippen LogP contribution in [-0.4, -0.2) is 62.7 Å². The molecule has 1 heterocycles. The Balaban J connectivity index is 1.77. The number of nitrogens with zero attached hydrogens (tertiary/aromatic N) is 2. The van der Waals surface area contributed by atoms with Gasteiger partial charge in [-0.2, -0.15) is 4.31 Å². The third-order valence-electron chi connectivity index (χ3n) is 4.73. The second-order valence-corrected chi connectivity index (χ2v) is 9.41. The Morgan fingerprint density at radius 3 is 2.33 bits per heavy atom. The Morgan fingerprint density at radius 1 is 1.00 bits per heavy atom. The molecule has 160 valence electrons. The van der Waals surface area contributed by atoms with Gasteiger partial charge < -0.3 is 15.5 Å². The molecule has 0 spiro atoms. The summed E-state index contributed by atoms with van der Waals surface area (Å²) in [7, 11) is -1.73. The zero-order valence-corrected chi connectivity index (χ0v) is 18.3. The maximum atomic E-state index is 12.9. The fourth-order valence-corrected chi connectivity index (χ4v) is 4.76. The van der Waals surface area contributed by atoms with Gasteiger partial charge in [-0.15, -0.1) is 0 Å². The molecule has 3 rings (SSSR count). The smallest absolute Gasteiger partial charge is 0.255 e. The minimum Gasteiger partial charge on any atom is -0.326 e. The van der Waals surface area contributed by atoms with Gasteiger partial charge in [0.25, 0.3) is 5.91 Å². The third-order valence-corrected chi connectivity index (χ3v) is 6.94. The van der Waals surface area contributed by atoms with Crippen molar-refractivity contribution in [2.24, 2.45) is 0 Å². The van der Waals surface area contributed by atoms with Gasteiger partial charge in [-0.05, 0) is 43.4 Å². The molecule has 0 aromatic heterocycles. The first-order chi connectivity index (χ1) is 14.2. The minimum absolute atomic E-state index is 0.0757. The molecule has 0 aliphatic carbocycles. The molecule has 0 bridgehead atoms. The largest absolute Gasteiger partial charge is 0.326 e. The molecule has 1 aliphatic heterocycles. The topological polar surface area (TPSA) is 98.8 Å². The van der Waals surface area contributed by atoms with Crippen LogP contribution in [0.3, 0.4) is 0 Å². The Labute approximate surface area is 180 Å². The van der Waals surface area contributed by atoms with Crippen molar-refractivity contribution < 1.29 is 18.0 Å². The predicted octanol–water partition coefficient (Wildman–Crippen LogP) is 2.49. The van der Waals surface area contributed by atoms with Crippen LogP contribution in [0.25, 0.3) is 0 Å². The van der Waals surface area contributed by atoms with Crippen molar-refractivity contribution in [1.29, 1.82) is 0 Å². The van der Waals surface area contributed by atoms with Crippen LogP contribution in [0.5, 0.6) is 0 Å². The minimum atomic E-state index is -3.68. The SMILES string of the molecule is CC(=O)Nc1ccc(NC(=O)c2cccc(S(=O)(=O)N3CCN(C)CC3)c2)c(Cl)c1. The molecule has 1 saturated heterocycles. The lowest BCUT2D eigenvalue weighted by Crippen LogP contribution is -2.47. The second-order valence-electron chi connectivity index (χ2n) is 7.07. The molecule has 0 atom stereocenters. The zero-order chi connectivity index (χ0) is 21.9. The van der Waals surface area contributed by atoms with E-state index in [-0.39, 0.29) is 21.4 Å². The van der Waals surface area contributed by atoms with E-state index in [1.165, 1.54) is 35.5 Å². The Hall–Kier alpha value is -2.46. The summed E-state index contributed by atoms with van der Waals surface area (Å²) in [6.45, 7) is 3.52. The first-order valence-electron chi connectivity index (χ1n) is 9.34. The standard InChI is InChI=1S/C20H23ClN4O4S/c1-14(26)22-16-6-7-19(18(21)13-16)23-20(27)15-4-3-5-17(12-15)30(28,29)25-10-8-24(2)9-11-25/h3-7,12-13H,8-11H2,1-2H3,(H,22,26)(H,23,27). The van der Waals surface area contributed by atoms with Gasteiger partial charge in [-0.25, -0.2) is 8.42 Å². The highest BCUT2D eigenvalue weighted by Crippen LogP contribution is 2.26. The third kappa shape index (κ3) is 5.17. The number of benzene rings is 2. The average molecular weight is 451 g/mol. The number of nitrogens with one attached hydrogen (secondary N) is 2. The van der Waals surface area contributed by atoms with Crippen LogP contribution in [0, 0.1) is 0 Å². The van der Waals surface area contributed by atoms with Gasteiger partial charge in [-0.1, -0.05) is 17.7 Å². The van der Waals surface area contributed by atoms with Crippen molar-refractivity contribution in [3.63, 3.8) is 0 Å². The molecule has 8 nitrogen and oxygen atoms in total. The van der Waals surface area contributed by atoms with E-state index < -0.39 is 15.9 Å². The van der Waals surface area contributed by atoms with Crippen molar-refractivity contribution in [1.82, 2.24) is 9.21 Å². The van der Waals surface area contributed by atoms with E-state index in [1.807, 2.05) is 7.05 Å². The molecule has 0 radical (unpaired) electrons. The number of rotatable bonds is 5. The highest BCUT2D eigenvalue weighted by molar-refractivity contribution is 7.89. The number of likely N-dealkylation sites (N-methyl/N-ethyl adjacent to an activating group) is 1. The monoisotopic (exact) mass is 450 g/mol. The fourth-order valence-electron chi connectivity index (χ4n) is 3.07. The van der Waals surface area contributed by atoms with Crippen LogP contribution in [0.15, 0.2) is 47.4 Å². The highest BCUT2D eigenvalue weighted by atomic mass is 35.5. The van der Waals surface area contributed by atoms with Gasteiger partial charge in [-0.3, -0.25) is 9.59 Å². The van der Waals surface area contributed by atoms with Crippen molar-refractivity contribution in [2.75, 3.05) is 43.9 Å². The lowest BCUT2D eigenvalue weighted by atomic mass is 10.2. The summed E-state index contributed by atoms with van der Waals surface area (Å²) in [5.41, 5.74) is 1.06. The second kappa shape index (κ2) is 9.13. The number of hydrogen-bond acceptors (Lipinski definition) is 5. The molecule has 0 saturated carbocycles. The van der Waals surface area contributed by atoms with E-state index in [0.717, 1.165) is 0 Å². The number of carbonyl (C=O) groups excluding carboxylic acids is 2. The normalized spacial score (nSPS) is 15.6. The van der Waals surface area contributed by atoms with Crippen LogP contribution in [0.1, 0.15) is 17.3 Å². The van der Waals surface area contributed by atoms with Gasteiger partial charge >= 0.3 is 0 Å². The number of anilines is 2. The van der Waals surface area contributed by atoms with Crippen molar-refractivity contribution in [3.05, 3.63) is 53.1 Å². The summed E-state index contributed by atoms with van der Waals surface area (Å²) >= 11 is 6.19. The van der Waals surface area contributed by atoms with Crippen molar-refractivity contribution >= 4 is 44.8 Å². The molecule has 2 aromatic carbocycles. The number of piperazine rings is 1. The van der Waals surface area contributed by atoms with Gasteiger partial charge in [0.2, 0.25) is 15.9 Å². The first-order valence-corrected chi connectivity index (χ1v) is 11.2. The van der Waals surface area contributed by atoms with Gasteiger partial charge in [0, 0.05) is 44.4 Å². The Morgan fingerprint density at radius 2 is 1.70 bits per heavy atom. The molecule has 0 unspecified atom stereocenters. The first kappa shape index (κ1) is 22.2. The summed E-state index contributed by atoms with van der Waals surface area (Å²) in [4.78, 5) is 26.0. The van der Waals surface area contributed by atoms with E-state index in [1.54, 1.807) is 18.2 Å². The van der Waals surface area contributed by atoms with Crippen molar-refractivity contribution in [3.8, 4) is 0 Å². The van der Waals surface area contributed by atoms with E-state index >= 15 is 0 Å². The lowest BCUT2D eigenvalue weighted by Gasteiger charge is -2.31. The Bertz CT molecular complexity index is 1070. The number of amides is 2. The predicted molar refractivity (Wildman–Crippen MR) is 116 cm³/mol. The van der Waals surface area contributed by atoms with E-state index in [4.69, 9.17) is 11.6 Å². The molecule has 2 amide bonds. The number of sulfonamides is 1. The molecule has 1 fully saturated rings. The molecular formula is C20H23ClN4O4S. The number of carbonyl (C=O) groups is 2. The molecule has 1 aliphatic rings. The van der Waals surface area contributed by atoms with Crippen LogP contribution < -0.4 is 10.6 Å². The number of hydrogen-bond donors (Lipinski definition) is 2. The van der Waals surface area contributed by atoms with E-state index in [2.05, 4.69) is 15.5 Å². The van der Waals surface area contributed by atoms with Gasteiger partial charge in [0.15, 0.2) is 0 Å². The molecule has 2 N–H and O–H groups in total. The quantitative estimate of drug-likeness (QED) is 0.729. The van der Waals surface area contributed by atoms with E-state index in [9.17, 15) is 18.0 Å². The maximum absolute atomic E-state index is 12.9. The summed E-state index contributed by atoms with van der Waals surface area (Å²) < 4.78 is 27.3. The van der Waals surface area contributed by atoms with Crippen LogP contribution in [0.2, 0.25) is 5.02 Å². The van der Waals surface area contributed by atoms with Crippen LogP contribution >= 0.6 is 11.6 Å². The van der Waals surface area contributed by atoms with Gasteiger partial charge in [0.05, 0.1) is 15.6 Å². The summed E-state index contributed by atoms with van der Waals surface area (Å²) in [5, 5.41) is 5.52. The zero-order valence-electron chi connectivity index (χ0n) is 16.7. The molecule has 2 aromatic rings. The molecule has 10 heteroatoms. The summed E-state index contributed by atoms with van der Waals surface area (Å²) in [6, 6.07) is 10.6. The van der Waals surface area contributed by atoms with Crippen LogP contribution in [0.4, 0.5) is 11.4 Å². The highest BCUT2D eigenvalue weighted by Gasteiger charge is 2.28. The van der Waals surface area contributed by atoms with E-state index in [0.29, 0.717) is 37.6 Å². The van der Waals surface area contributed by atoms with Crippen LogP contribution in [-0.2, 0) is 14.8 Å². The molecular weight excluding hydrogens is 428 g/mol. The van der Waals surface area contributed by atoms with Crippen molar-refractivity contribution in [2.45, 2.75) is 11.8 Å². The molecule has 30 heavy (non-hydrogen) atoms. The summed E-state index contributed by atoms with van der Waals surface area (Å²) in [5.74, 6) is -0.721. The average Bonchev–Trinajstić information content (AvgIpc) is 2.70. The lowest BCUT2D eigenvalue weighted by molar-refractivity contribution is -0.114. The summed E-state index contributed by atoms with van der Waals surface area (Å²) in [6.07, 6.45) is 0. The van der Waals surface area contributed by atoms with Gasteiger partial charge in [0.1, 0.15) is 0 Å². The number of halogens is 1. The Kier molecular flexibility index (Phi) is 6.77.